The summed E-state index contributed by atoms with van der Waals surface area (Å²) >= 11 is 3.41. The Labute approximate surface area is 104 Å². The average molecular weight is 282 g/mol. The summed E-state index contributed by atoms with van der Waals surface area (Å²) in [5.41, 5.74) is 6.61. The van der Waals surface area contributed by atoms with Gasteiger partial charge in [0.05, 0.1) is 5.54 Å². The molecule has 1 aliphatic carbocycles. The summed E-state index contributed by atoms with van der Waals surface area (Å²) in [7, 11) is 0. The Hall–Kier alpha value is -0.670. The summed E-state index contributed by atoms with van der Waals surface area (Å²) in [5.74, 6) is 0.183. The maximum Gasteiger partial charge on any atom is 0.156 e. The van der Waals surface area contributed by atoms with Crippen LogP contribution in [0.2, 0.25) is 0 Å². The van der Waals surface area contributed by atoms with Crippen LogP contribution in [0.25, 0.3) is 0 Å². The Bertz CT molecular complexity index is 397. The first-order valence-corrected chi connectivity index (χ1v) is 6.46. The Balaban J connectivity index is 2.07. The molecule has 0 saturated heterocycles. The number of Topliss-reactive ketones (excluding diaryl/α,β-unsaturated/α-hetero) is 1. The highest BCUT2D eigenvalue weighted by Gasteiger charge is 2.36. The molecule has 0 spiro atoms. The monoisotopic (exact) mass is 281 g/mol. The van der Waals surface area contributed by atoms with Crippen LogP contribution in [0.1, 0.15) is 31.2 Å². The fraction of sp³-hybridized carbons (Fsp3) is 0.462. The lowest BCUT2D eigenvalue weighted by Crippen LogP contribution is -2.46. The summed E-state index contributed by atoms with van der Waals surface area (Å²) in [6.45, 7) is 0. The fourth-order valence-electron chi connectivity index (χ4n) is 2.29. The van der Waals surface area contributed by atoms with Gasteiger partial charge in [-0.1, -0.05) is 40.9 Å². The van der Waals surface area contributed by atoms with Gasteiger partial charge in [0.2, 0.25) is 0 Å². The van der Waals surface area contributed by atoms with Crippen molar-refractivity contribution in [3.8, 4) is 0 Å². The van der Waals surface area contributed by atoms with Gasteiger partial charge in [-0.15, -0.1) is 0 Å². The maximum absolute atomic E-state index is 12.1. The molecule has 0 aromatic heterocycles. The van der Waals surface area contributed by atoms with Crippen LogP contribution in [-0.4, -0.2) is 11.3 Å². The minimum atomic E-state index is -0.553. The van der Waals surface area contributed by atoms with Crippen molar-refractivity contribution in [3.63, 3.8) is 0 Å². The highest BCUT2D eigenvalue weighted by Crippen LogP contribution is 2.29. The Morgan fingerprint density at radius 1 is 1.38 bits per heavy atom. The van der Waals surface area contributed by atoms with E-state index in [1.165, 1.54) is 0 Å². The number of hydrogen-bond donors (Lipinski definition) is 1. The van der Waals surface area contributed by atoms with Gasteiger partial charge in [-0.2, -0.15) is 0 Å². The SMILES string of the molecule is NC1(C(=O)Cc2cccc(Br)c2)CCCC1. The number of carbonyl (C=O) groups is 1. The van der Waals surface area contributed by atoms with Crippen molar-refractivity contribution < 1.29 is 4.79 Å². The third kappa shape index (κ3) is 2.53. The molecule has 0 amide bonds. The third-order valence-electron chi connectivity index (χ3n) is 3.30. The van der Waals surface area contributed by atoms with Gasteiger partial charge in [0.15, 0.2) is 5.78 Å². The molecule has 0 atom stereocenters. The predicted octanol–water partition coefficient (Wildman–Crippen LogP) is 2.83. The minimum absolute atomic E-state index is 0.183. The normalized spacial score (nSPS) is 18.6. The predicted molar refractivity (Wildman–Crippen MR) is 68.2 cm³/mol. The second-order valence-corrected chi connectivity index (χ2v) is 5.51. The molecule has 1 fully saturated rings. The molecule has 2 N–H and O–H groups in total. The fourth-order valence-corrected chi connectivity index (χ4v) is 2.74. The third-order valence-corrected chi connectivity index (χ3v) is 3.80. The molecule has 1 saturated carbocycles. The average Bonchev–Trinajstić information content (AvgIpc) is 2.66. The van der Waals surface area contributed by atoms with Gasteiger partial charge in [-0.25, -0.2) is 0 Å². The second kappa shape index (κ2) is 4.68. The lowest BCUT2D eigenvalue weighted by molar-refractivity contribution is -0.123. The number of hydrogen-bond acceptors (Lipinski definition) is 2. The summed E-state index contributed by atoms with van der Waals surface area (Å²) in [5, 5.41) is 0. The van der Waals surface area contributed by atoms with Crippen molar-refractivity contribution >= 4 is 21.7 Å². The molecular weight excluding hydrogens is 266 g/mol. The molecule has 1 aromatic rings. The quantitative estimate of drug-likeness (QED) is 0.926. The highest BCUT2D eigenvalue weighted by molar-refractivity contribution is 9.10. The largest absolute Gasteiger partial charge is 0.319 e. The Morgan fingerprint density at radius 3 is 2.69 bits per heavy atom. The van der Waals surface area contributed by atoms with Crippen LogP contribution in [0.5, 0.6) is 0 Å². The molecule has 1 aromatic carbocycles. The van der Waals surface area contributed by atoms with E-state index in [4.69, 9.17) is 5.73 Å². The number of benzene rings is 1. The molecule has 0 bridgehead atoms. The first-order chi connectivity index (χ1) is 7.60. The molecule has 1 aliphatic rings. The molecule has 2 rings (SSSR count). The van der Waals surface area contributed by atoms with E-state index in [9.17, 15) is 4.79 Å². The van der Waals surface area contributed by atoms with Crippen LogP contribution in [0.4, 0.5) is 0 Å². The van der Waals surface area contributed by atoms with E-state index in [0.29, 0.717) is 6.42 Å². The molecule has 0 unspecified atom stereocenters. The summed E-state index contributed by atoms with van der Waals surface area (Å²) < 4.78 is 1.01. The van der Waals surface area contributed by atoms with Gasteiger partial charge >= 0.3 is 0 Å². The van der Waals surface area contributed by atoms with Gasteiger partial charge in [0.25, 0.3) is 0 Å². The smallest absolute Gasteiger partial charge is 0.156 e. The number of halogens is 1. The minimum Gasteiger partial charge on any atom is -0.319 e. The molecule has 16 heavy (non-hydrogen) atoms. The summed E-state index contributed by atoms with van der Waals surface area (Å²) in [6.07, 6.45) is 4.32. The van der Waals surface area contributed by atoms with Crippen LogP contribution >= 0.6 is 15.9 Å². The molecule has 0 aliphatic heterocycles. The van der Waals surface area contributed by atoms with E-state index in [1.807, 2.05) is 24.3 Å². The number of carbonyl (C=O) groups excluding carboxylic acids is 1. The number of ketones is 1. The van der Waals surface area contributed by atoms with Crippen molar-refractivity contribution in [1.29, 1.82) is 0 Å². The standard InChI is InChI=1S/C13H16BrNO/c14-11-5-3-4-10(8-11)9-12(16)13(15)6-1-2-7-13/h3-5,8H,1-2,6-7,9,15H2. The van der Waals surface area contributed by atoms with Crippen LogP contribution in [0.3, 0.4) is 0 Å². The van der Waals surface area contributed by atoms with Gasteiger partial charge in [-0.3, -0.25) is 4.79 Å². The van der Waals surface area contributed by atoms with Crippen molar-refractivity contribution in [3.05, 3.63) is 34.3 Å². The second-order valence-electron chi connectivity index (χ2n) is 4.59. The van der Waals surface area contributed by atoms with Crippen LogP contribution in [0, 0.1) is 0 Å². The summed E-state index contributed by atoms with van der Waals surface area (Å²) in [4.78, 5) is 12.1. The molecule has 86 valence electrons. The van der Waals surface area contributed by atoms with Crippen molar-refractivity contribution in [2.24, 2.45) is 5.73 Å². The van der Waals surface area contributed by atoms with Crippen LogP contribution in [-0.2, 0) is 11.2 Å². The van der Waals surface area contributed by atoms with Gasteiger partial charge < -0.3 is 5.73 Å². The first kappa shape index (κ1) is 11.8. The van der Waals surface area contributed by atoms with Crippen molar-refractivity contribution in [1.82, 2.24) is 0 Å². The Kier molecular flexibility index (Phi) is 3.45. The topological polar surface area (TPSA) is 43.1 Å². The maximum atomic E-state index is 12.1. The van der Waals surface area contributed by atoms with Gasteiger partial charge in [0, 0.05) is 10.9 Å². The molecule has 0 radical (unpaired) electrons. The van der Waals surface area contributed by atoms with Crippen molar-refractivity contribution in [2.75, 3.05) is 0 Å². The van der Waals surface area contributed by atoms with Gasteiger partial charge in [-0.05, 0) is 30.5 Å². The molecule has 2 nitrogen and oxygen atoms in total. The van der Waals surface area contributed by atoms with E-state index >= 15 is 0 Å². The summed E-state index contributed by atoms with van der Waals surface area (Å²) in [6, 6.07) is 7.86. The first-order valence-electron chi connectivity index (χ1n) is 5.67. The number of nitrogens with two attached hydrogens (primary N) is 1. The zero-order valence-electron chi connectivity index (χ0n) is 9.21. The molecule has 3 heteroatoms. The van der Waals surface area contributed by atoms with E-state index < -0.39 is 5.54 Å². The highest BCUT2D eigenvalue weighted by atomic mass is 79.9. The van der Waals surface area contributed by atoms with E-state index in [0.717, 1.165) is 35.7 Å². The lowest BCUT2D eigenvalue weighted by atomic mass is 9.89. The molecular formula is C13H16BrNO. The van der Waals surface area contributed by atoms with Crippen molar-refractivity contribution in [2.45, 2.75) is 37.6 Å². The number of rotatable bonds is 3. The van der Waals surface area contributed by atoms with E-state index in [-0.39, 0.29) is 5.78 Å². The Morgan fingerprint density at radius 2 is 2.06 bits per heavy atom. The zero-order chi connectivity index (χ0) is 11.6. The zero-order valence-corrected chi connectivity index (χ0v) is 10.8. The van der Waals surface area contributed by atoms with Crippen LogP contribution in [0.15, 0.2) is 28.7 Å². The van der Waals surface area contributed by atoms with E-state index in [2.05, 4.69) is 15.9 Å². The lowest BCUT2D eigenvalue weighted by Gasteiger charge is -2.21. The molecule has 0 heterocycles. The van der Waals surface area contributed by atoms with E-state index in [1.54, 1.807) is 0 Å². The van der Waals surface area contributed by atoms with Crippen LogP contribution < -0.4 is 5.73 Å². The van der Waals surface area contributed by atoms with Gasteiger partial charge in [0.1, 0.15) is 0 Å².